The number of hydrogen-bond donors (Lipinski definition) is 0. The summed E-state index contributed by atoms with van der Waals surface area (Å²) in [6.45, 7) is 5.56. The normalized spacial score (nSPS) is 12.9. The summed E-state index contributed by atoms with van der Waals surface area (Å²) in [4.78, 5) is 35.3. The van der Waals surface area contributed by atoms with Crippen LogP contribution in [-0.2, 0) is 6.42 Å². The molecule has 1 aromatic carbocycles. The number of carbonyl (C=O) groups is 1. The fourth-order valence-electron chi connectivity index (χ4n) is 3.96. The van der Waals surface area contributed by atoms with Crippen LogP contribution < -0.4 is 5.56 Å². The molecule has 0 saturated heterocycles. The Hall–Kier alpha value is -3.55. The number of hydrogen-bond acceptors (Lipinski definition) is 4. The maximum absolute atomic E-state index is 15.4. The topological polar surface area (TPSA) is 67.6 Å². The van der Waals surface area contributed by atoms with E-state index < -0.39 is 17.3 Å². The smallest absolute Gasteiger partial charge is 0.273 e. The lowest BCUT2D eigenvalue weighted by Crippen LogP contribution is -2.23. The lowest BCUT2D eigenvalue weighted by Gasteiger charge is -2.16. The van der Waals surface area contributed by atoms with Gasteiger partial charge in [0, 0.05) is 43.9 Å². The molecule has 6 nitrogen and oxygen atoms in total. The largest absolute Gasteiger partial charge is 0.345 e. The van der Waals surface area contributed by atoms with Crippen molar-refractivity contribution in [3.8, 4) is 0 Å². The predicted octanol–water partition coefficient (Wildman–Crippen LogP) is 6.54. The van der Waals surface area contributed by atoms with E-state index in [1.165, 1.54) is 40.1 Å². The van der Waals surface area contributed by atoms with Crippen molar-refractivity contribution in [2.75, 3.05) is 14.1 Å². The highest BCUT2D eigenvalue weighted by Gasteiger charge is 2.19. The van der Waals surface area contributed by atoms with Gasteiger partial charge in [-0.25, -0.2) is 9.37 Å². The van der Waals surface area contributed by atoms with Gasteiger partial charge in [0.05, 0.1) is 11.3 Å². The van der Waals surface area contributed by atoms with Gasteiger partial charge >= 0.3 is 0 Å². The molecule has 0 fully saturated rings. The fraction of sp³-hybridized carbons (Fsp3) is 0.241. The van der Waals surface area contributed by atoms with Crippen LogP contribution in [0.25, 0.3) is 6.20 Å². The van der Waals surface area contributed by atoms with Crippen molar-refractivity contribution in [3.05, 3.63) is 115 Å². The molecule has 3 rings (SSSR count). The third-order valence-electron chi connectivity index (χ3n) is 5.92. The molecule has 0 aliphatic carbocycles. The quantitative estimate of drug-likeness (QED) is 0.234. The van der Waals surface area contributed by atoms with Crippen LogP contribution in [0, 0.1) is 12.7 Å². The molecular weight excluding hydrogens is 526 g/mol. The molecule has 3 aromatic rings. The Kier molecular flexibility index (Phi) is 9.78. The average Bonchev–Trinajstić information content (AvgIpc) is 2.87. The van der Waals surface area contributed by atoms with Crippen LogP contribution in [0.1, 0.15) is 52.5 Å². The number of amides is 1. The third-order valence-corrected chi connectivity index (χ3v) is 6.51. The van der Waals surface area contributed by atoms with Crippen molar-refractivity contribution in [2.45, 2.75) is 33.1 Å². The highest BCUT2D eigenvalue weighted by molar-refractivity contribution is 6.31. The Morgan fingerprint density at radius 2 is 1.92 bits per heavy atom. The van der Waals surface area contributed by atoms with Crippen molar-refractivity contribution in [1.29, 1.82) is 0 Å². The van der Waals surface area contributed by atoms with Crippen molar-refractivity contribution >= 4 is 41.0 Å². The van der Waals surface area contributed by atoms with E-state index in [0.717, 1.165) is 11.1 Å². The van der Waals surface area contributed by atoms with E-state index in [4.69, 9.17) is 23.2 Å². The number of pyridine rings is 2. The van der Waals surface area contributed by atoms with Gasteiger partial charge in [0.2, 0.25) is 0 Å². The molecule has 0 spiro atoms. The molecule has 1 unspecified atom stereocenters. The van der Waals surface area contributed by atoms with Gasteiger partial charge in [0.25, 0.3) is 11.5 Å². The summed E-state index contributed by atoms with van der Waals surface area (Å²) in [5.41, 5.74) is 2.24. The summed E-state index contributed by atoms with van der Waals surface area (Å²) in [7, 11) is 3.11. The Bertz CT molecular complexity index is 1490. The van der Waals surface area contributed by atoms with E-state index >= 15 is 4.39 Å². The van der Waals surface area contributed by atoms with Gasteiger partial charge in [-0.05, 0) is 73.7 Å². The first-order valence-electron chi connectivity index (χ1n) is 11.9. The van der Waals surface area contributed by atoms with Gasteiger partial charge < -0.3 is 4.90 Å². The minimum atomic E-state index is -0.693. The van der Waals surface area contributed by atoms with Gasteiger partial charge in [0.15, 0.2) is 0 Å². The molecule has 38 heavy (non-hydrogen) atoms. The van der Waals surface area contributed by atoms with E-state index in [1.54, 1.807) is 52.3 Å². The van der Waals surface area contributed by atoms with Crippen LogP contribution in [0.2, 0.25) is 10.2 Å². The van der Waals surface area contributed by atoms with Crippen molar-refractivity contribution < 1.29 is 9.18 Å². The van der Waals surface area contributed by atoms with Crippen molar-refractivity contribution in [2.24, 2.45) is 4.99 Å². The highest BCUT2D eigenvalue weighted by atomic mass is 35.5. The molecular formula is C29H29Cl2FN4O2. The number of aromatic nitrogens is 2. The summed E-state index contributed by atoms with van der Waals surface area (Å²) in [5.74, 6) is -1.21. The lowest BCUT2D eigenvalue weighted by atomic mass is 9.94. The molecule has 0 radical (unpaired) electrons. The van der Waals surface area contributed by atoms with E-state index in [2.05, 4.69) is 9.98 Å². The molecule has 1 atom stereocenters. The second-order valence-electron chi connectivity index (χ2n) is 9.00. The molecule has 9 heteroatoms. The third kappa shape index (κ3) is 6.65. The van der Waals surface area contributed by atoms with Crippen molar-refractivity contribution in [1.82, 2.24) is 14.5 Å². The maximum atomic E-state index is 15.4. The van der Waals surface area contributed by atoms with Gasteiger partial charge in [-0.15, -0.1) is 0 Å². The van der Waals surface area contributed by atoms with Crippen LogP contribution in [-0.4, -0.2) is 40.2 Å². The first kappa shape index (κ1) is 29.0. The SMILES string of the molecule is C/C=C/N=C(/C=C/n1c(C)cc(C(C)Cc2ccnc(Cl)c2)c(Cl)c1=O)c1cccc(C(=O)N(C)C)c1F. The van der Waals surface area contributed by atoms with Crippen LogP contribution in [0.5, 0.6) is 0 Å². The van der Waals surface area contributed by atoms with E-state index in [-0.39, 0.29) is 27.8 Å². The zero-order valence-electron chi connectivity index (χ0n) is 21.9. The number of aliphatic imine (C=N–C) groups is 1. The number of aryl methyl sites for hydroxylation is 1. The average molecular weight is 555 g/mol. The predicted molar refractivity (Wildman–Crippen MR) is 153 cm³/mol. The maximum Gasteiger partial charge on any atom is 0.273 e. The number of carbonyl (C=O) groups excluding carboxylic acids is 1. The number of benzene rings is 1. The van der Waals surface area contributed by atoms with Gasteiger partial charge in [-0.3, -0.25) is 19.1 Å². The minimum Gasteiger partial charge on any atom is -0.345 e. The zero-order valence-corrected chi connectivity index (χ0v) is 23.4. The summed E-state index contributed by atoms with van der Waals surface area (Å²) in [6, 6.07) is 10.1. The Morgan fingerprint density at radius 3 is 2.58 bits per heavy atom. The monoisotopic (exact) mass is 554 g/mol. The number of allylic oxidation sites excluding steroid dienone is 2. The van der Waals surface area contributed by atoms with Gasteiger partial charge in [-0.2, -0.15) is 0 Å². The molecule has 198 valence electrons. The number of halogens is 3. The Morgan fingerprint density at radius 1 is 1.21 bits per heavy atom. The van der Waals surface area contributed by atoms with Gasteiger partial charge in [-0.1, -0.05) is 42.3 Å². The fourth-order valence-corrected chi connectivity index (χ4v) is 4.49. The molecule has 2 heterocycles. The molecule has 0 aliphatic rings. The Balaban J connectivity index is 2.00. The van der Waals surface area contributed by atoms with Crippen LogP contribution in [0.15, 0.2) is 70.7 Å². The number of rotatable bonds is 8. The minimum absolute atomic E-state index is 0.0520. The van der Waals surface area contributed by atoms with Crippen LogP contribution in [0.4, 0.5) is 4.39 Å². The van der Waals surface area contributed by atoms with Crippen LogP contribution >= 0.6 is 23.2 Å². The second kappa shape index (κ2) is 12.8. The molecule has 0 N–H and O–H groups in total. The molecule has 2 aromatic heterocycles. The summed E-state index contributed by atoms with van der Waals surface area (Å²) in [6.07, 6.45) is 8.50. The highest BCUT2D eigenvalue weighted by Crippen LogP contribution is 2.27. The molecule has 0 bridgehead atoms. The van der Waals surface area contributed by atoms with Crippen molar-refractivity contribution in [3.63, 3.8) is 0 Å². The molecule has 0 aliphatic heterocycles. The lowest BCUT2D eigenvalue weighted by molar-refractivity contribution is 0.0823. The molecule has 1 amide bonds. The van der Waals surface area contributed by atoms with E-state index in [9.17, 15) is 9.59 Å². The Labute approximate surface area is 231 Å². The van der Waals surface area contributed by atoms with E-state index in [0.29, 0.717) is 17.3 Å². The van der Waals surface area contributed by atoms with E-state index in [1.807, 2.05) is 19.1 Å². The van der Waals surface area contributed by atoms with Gasteiger partial charge in [0.1, 0.15) is 16.0 Å². The van der Waals surface area contributed by atoms with Crippen LogP contribution in [0.3, 0.4) is 0 Å². The standard InChI is InChI=1S/C29H29Cl2FN4O2/c1-6-12-33-24(21-8-7-9-22(27(21)32)28(37)35(4)5)11-14-36-19(3)16-23(26(31)29(36)38)18(2)15-20-10-13-34-25(30)17-20/h6-14,16-18H,15H2,1-5H3/b12-6+,14-11+,33-24-. The molecule has 0 saturated carbocycles. The zero-order chi connectivity index (χ0) is 28.0. The number of nitrogens with zero attached hydrogens (tertiary/aromatic N) is 4. The summed E-state index contributed by atoms with van der Waals surface area (Å²) >= 11 is 12.5. The first-order chi connectivity index (χ1) is 18.0. The summed E-state index contributed by atoms with van der Waals surface area (Å²) < 4.78 is 16.8. The second-order valence-corrected chi connectivity index (χ2v) is 9.77. The first-order valence-corrected chi connectivity index (χ1v) is 12.7. The summed E-state index contributed by atoms with van der Waals surface area (Å²) in [5, 5.41) is 0.505.